The molecule has 0 bridgehead atoms. The summed E-state index contributed by atoms with van der Waals surface area (Å²) in [6, 6.07) is 9.66. The Morgan fingerprint density at radius 2 is 1.89 bits per heavy atom. The van der Waals surface area contributed by atoms with Gasteiger partial charge < -0.3 is 10.8 Å². The quantitative estimate of drug-likeness (QED) is 0.910. The molecule has 1 heterocycles. The zero-order valence-corrected chi connectivity index (χ0v) is 12.3. The summed E-state index contributed by atoms with van der Waals surface area (Å²) in [6.07, 6.45) is 2.82. The highest BCUT2D eigenvalue weighted by molar-refractivity contribution is 9.10. The Morgan fingerprint density at radius 1 is 1.21 bits per heavy atom. The maximum Gasteiger partial charge on any atom is 0.0871 e. The van der Waals surface area contributed by atoms with E-state index in [-0.39, 0.29) is 5.92 Å². The topological polar surface area (TPSA) is 59.1 Å². The van der Waals surface area contributed by atoms with Gasteiger partial charge in [-0.2, -0.15) is 0 Å². The van der Waals surface area contributed by atoms with Gasteiger partial charge >= 0.3 is 0 Å². The summed E-state index contributed by atoms with van der Waals surface area (Å²) in [7, 11) is 0. The Kier molecular flexibility index (Phi) is 4.69. The highest BCUT2D eigenvalue weighted by Crippen LogP contribution is 2.31. The van der Waals surface area contributed by atoms with Crippen LogP contribution in [0, 0.1) is 6.92 Å². The van der Waals surface area contributed by atoms with Crippen LogP contribution in [0.2, 0.25) is 0 Å². The predicted molar refractivity (Wildman–Crippen MR) is 79.9 cm³/mol. The van der Waals surface area contributed by atoms with Gasteiger partial charge in [-0.25, -0.2) is 0 Å². The average molecular weight is 321 g/mol. The van der Waals surface area contributed by atoms with Crippen LogP contribution in [0.15, 0.2) is 47.2 Å². The van der Waals surface area contributed by atoms with Gasteiger partial charge in [0.05, 0.1) is 6.10 Å². The van der Waals surface area contributed by atoms with E-state index in [1.54, 1.807) is 12.4 Å². The van der Waals surface area contributed by atoms with Crippen LogP contribution in [0.4, 0.5) is 0 Å². The van der Waals surface area contributed by atoms with Gasteiger partial charge in [0.15, 0.2) is 0 Å². The van der Waals surface area contributed by atoms with Gasteiger partial charge in [-0.3, -0.25) is 4.98 Å². The smallest absolute Gasteiger partial charge is 0.0871 e. The van der Waals surface area contributed by atoms with E-state index in [2.05, 4.69) is 20.9 Å². The maximum atomic E-state index is 10.5. The average Bonchev–Trinajstić information content (AvgIpc) is 2.44. The van der Waals surface area contributed by atoms with Crippen LogP contribution in [-0.2, 0) is 0 Å². The van der Waals surface area contributed by atoms with Gasteiger partial charge in [-0.15, -0.1) is 0 Å². The van der Waals surface area contributed by atoms with Crippen molar-refractivity contribution in [2.24, 2.45) is 5.73 Å². The minimum Gasteiger partial charge on any atom is -0.388 e. The molecule has 0 fully saturated rings. The molecule has 2 atom stereocenters. The summed E-state index contributed by atoms with van der Waals surface area (Å²) < 4.78 is 0.995. The molecular weight excluding hydrogens is 304 g/mol. The van der Waals surface area contributed by atoms with E-state index in [1.807, 2.05) is 37.3 Å². The molecule has 4 heteroatoms. The molecule has 19 heavy (non-hydrogen) atoms. The zero-order valence-electron chi connectivity index (χ0n) is 10.8. The number of aromatic nitrogens is 1. The number of nitrogens with two attached hydrogens (primary N) is 1. The van der Waals surface area contributed by atoms with Crippen molar-refractivity contribution in [3.05, 3.63) is 63.9 Å². The summed E-state index contributed by atoms with van der Waals surface area (Å²) in [6.45, 7) is 2.40. The summed E-state index contributed by atoms with van der Waals surface area (Å²) in [4.78, 5) is 3.99. The maximum absolute atomic E-state index is 10.5. The van der Waals surface area contributed by atoms with Gasteiger partial charge in [-0.1, -0.05) is 28.1 Å². The minimum atomic E-state index is -0.621. The molecule has 0 aliphatic rings. The van der Waals surface area contributed by atoms with E-state index in [0.29, 0.717) is 6.54 Å². The van der Waals surface area contributed by atoms with Crippen molar-refractivity contribution in [2.75, 3.05) is 6.54 Å². The molecule has 0 spiro atoms. The summed E-state index contributed by atoms with van der Waals surface area (Å²) >= 11 is 3.49. The molecule has 3 nitrogen and oxygen atoms in total. The Labute approximate surface area is 121 Å². The Bertz CT molecular complexity index is 545. The molecule has 0 saturated heterocycles. The van der Waals surface area contributed by atoms with Gasteiger partial charge in [-0.05, 0) is 41.8 Å². The normalized spacial score (nSPS) is 14.1. The van der Waals surface area contributed by atoms with E-state index < -0.39 is 6.10 Å². The van der Waals surface area contributed by atoms with Crippen LogP contribution in [0.3, 0.4) is 0 Å². The summed E-state index contributed by atoms with van der Waals surface area (Å²) in [5.74, 6) is -0.127. The second-order valence-corrected chi connectivity index (χ2v) is 5.43. The number of pyridine rings is 1. The van der Waals surface area contributed by atoms with Crippen molar-refractivity contribution in [2.45, 2.75) is 18.9 Å². The molecule has 100 valence electrons. The second kappa shape index (κ2) is 6.28. The molecule has 0 aliphatic heterocycles. The summed E-state index contributed by atoms with van der Waals surface area (Å²) in [5.41, 5.74) is 8.83. The van der Waals surface area contributed by atoms with Gasteiger partial charge in [0, 0.05) is 29.3 Å². The van der Waals surface area contributed by atoms with Crippen molar-refractivity contribution >= 4 is 15.9 Å². The van der Waals surface area contributed by atoms with Crippen molar-refractivity contribution < 1.29 is 5.11 Å². The lowest BCUT2D eigenvalue weighted by atomic mass is 9.89. The molecule has 2 rings (SSSR count). The lowest BCUT2D eigenvalue weighted by Gasteiger charge is -2.22. The van der Waals surface area contributed by atoms with E-state index in [0.717, 1.165) is 21.2 Å². The number of benzene rings is 1. The Balaban J connectivity index is 2.30. The molecular formula is C15H17BrN2O. The Morgan fingerprint density at radius 3 is 2.47 bits per heavy atom. The number of hydrogen-bond donors (Lipinski definition) is 2. The molecule has 0 aliphatic carbocycles. The standard InChI is InChI=1S/C15H17BrN2O/c1-10-2-3-12(8-14(10)16)15(19)13(9-17)11-4-6-18-7-5-11/h2-8,13,15,19H,9,17H2,1H3. The van der Waals surface area contributed by atoms with Crippen LogP contribution in [0.5, 0.6) is 0 Å². The first-order chi connectivity index (χ1) is 9.13. The van der Waals surface area contributed by atoms with E-state index in [4.69, 9.17) is 5.73 Å². The van der Waals surface area contributed by atoms with Crippen molar-refractivity contribution in [3.63, 3.8) is 0 Å². The monoisotopic (exact) mass is 320 g/mol. The van der Waals surface area contributed by atoms with Crippen LogP contribution >= 0.6 is 15.9 Å². The second-order valence-electron chi connectivity index (χ2n) is 4.58. The van der Waals surface area contributed by atoms with Crippen LogP contribution in [-0.4, -0.2) is 16.6 Å². The van der Waals surface area contributed by atoms with Gasteiger partial charge in [0.2, 0.25) is 0 Å². The van der Waals surface area contributed by atoms with E-state index in [9.17, 15) is 5.11 Å². The van der Waals surface area contributed by atoms with E-state index in [1.165, 1.54) is 0 Å². The fourth-order valence-electron chi connectivity index (χ4n) is 2.08. The third-order valence-electron chi connectivity index (χ3n) is 3.31. The third-order valence-corrected chi connectivity index (χ3v) is 4.16. The number of nitrogens with zero attached hydrogens (tertiary/aromatic N) is 1. The van der Waals surface area contributed by atoms with Crippen molar-refractivity contribution in [1.29, 1.82) is 0 Å². The molecule has 0 amide bonds. The number of halogens is 1. The minimum absolute atomic E-state index is 0.127. The third kappa shape index (κ3) is 3.21. The predicted octanol–water partition coefficient (Wildman–Crippen LogP) is 2.93. The zero-order chi connectivity index (χ0) is 13.8. The number of rotatable bonds is 4. The highest BCUT2D eigenvalue weighted by atomic mass is 79.9. The first-order valence-corrected chi connectivity index (χ1v) is 6.97. The molecule has 2 unspecified atom stereocenters. The number of aliphatic hydroxyl groups is 1. The first kappa shape index (κ1) is 14.2. The van der Waals surface area contributed by atoms with Gasteiger partial charge in [0.1, 0.15) is 0 Å². The highest BCUT2D eigenvalue weighted by Gasteiger charge is 2.21. The number of aryl methyl sites for hydroxylation is 1. The fourth-order valence-corrected chi connectivity index (χ4v) is 2.48. The van der Waals surface area contributed by atoms with Crippen molar-refractivity contribution in [3.8, 4) is 0 Å². The summed E-state index contributed by atoms with van der Waals surface area (Å²) in [5, 5.41) is 10.5. The lowest BCUT2D eigenvalue weighted by Crippen LogP contribution is -2.20. The molecule has 3 N–H and O–H groups in total. The number of hydrogen-bond acceptors (Lipinski definition) is 3. The molecule has 1 aromatic carbocycles. The fraction of sp³-hybridized carbons (Fsp3) is 0.267. The number of aliphatic hydroxyl groups excluding tert-OH is 1. The van der Waals surface area contributed by atoms with Gasteiger partial charge in [0.25, 0.3) is 0 Å². The van der Waals surface area contributed by atoms with Crippen LogP contribution < -0.4 is 5.73 Å². The Hall–Kier alpha value is -1.23. The van der Waals surface area contributed by atoms with Crippen LogP contribution in [0.1, 0.15) is 28.7 Å². The van der Waals surface area contributed by atoms with Crippen molar-refractivity contribution in [1.82, 2.24) is 4.98 Å². The molecule has 2 aromatic rings. The molecule has 0 saturated carbocycles. The largest absolute Gasteiger partial charge is 0.388 e. The van der Waals surface area contributed by atoms with Crippen LogP contribution in [0.25, 0.3) is 0 Å². The first-order valence-electron chi connectivity index (χ1n) is 6.17. The van der Waals surface area contributed by atoms with E-state index >= 15 is 0 Å². The molecule has 1 aromatic heterocycles. The lowest BCUT2D eigenvalue weighted by molar-refractivity contribution is 0.147. The molecule has 0 radical (unpaired) electrons. The SMILES string of the molecule is Cc1ccc(C(O)C(CN)c2ccncc2)cc1Br.